The van der Waals surface area contributed by atoms with Gasteiger partial charge in [0.1, 0.15) is 6.10 Å². The number of aromatic nitrogens is 3. The molecule has 0 N–H and O–H groups in total. The predicted octanol–water partition coefficient (Wildman–Crippen LogP) is 2.55. The molecule has 0 radical (unpaired) electrons. The van der Waals surface area contributed by atoms with Gasteiger partial charge in [-0.05, 0) is 25.0 Å². The van der Waals surface area contributed by atoms with E-state index in [0.717, 1.165) is 25.2 Å². The number of hydrogen-bond acceptors (Lipinski definition) is 7. The number of nitrogens with zero attached hydrogens (tertiary/aromatic N) is 4. The monoisotopic (exact) mass is 358 g/mol. The first-order valence-electron chi connectivity index (χ1n) is 8.13. The standard InChI is InChI=1S/C17H15FN4O4/c18-11-8-19-17(20-9-11)25-12-3-1-5-22(10-12)16(23)13-7-15(26-21-13)14-4-2-6-24-14/h2,4,6-9,12H,1,3,5,10H2. The van der Waals surface area contributed by atoms with Gasteiger partial charge in [-0.1, -0.05) is 5.16 Å². The van der Waals surface area contributed by atoms with Gasteiger partial charge in [-0.2, -0.15) is 0 Å². The number of carbonyl (C=O) groups excluding carboxylic acids is 1. The van der Waals surface area contributed by atoms with E-state index < -0.39 is 5.82 Å². The molecule has 9 heteroatoms. The number of halogens is 1. The Labute approximate surface area is 147 Å². The van der Waals surface area contributed by atoms with Crippen molar-refractivity contribution in [1.82, 2.24) is 20.0 Å². The van der Waals surface area contributed by atoms with Crippen LogP contribution in [0.4, 0.5) is 4.39 Å². The topological polar surface area (TPSA) is 94.5 Å². The van der Waals surface area contributed by atoms with E-state index in [4.69, 9.17) is 13.7 Å². The molecule has 0 aliphatic carbocycles. The molecule has 0 spiro atoms. The summed E-state index contributed by atoms with van der Waals surface area (Å²) in [5.74, 6) is 0.115. The van der Waals surface area contributed by atoms with E-state index in [0.29, 0.717) is 24.6 Å². The molecular formula is C17H15FN4O4. The van der Waals surface area contributed by atoms with Gasteiger partial charge in [-0.3, -0.25) is 4.79 Å². The minimum Gasteiger partial charge on any atom is -0.461 e. The fourth-order valence-electron chi connectivity index (χ4n) is 2.80. The van der Waals surface area contributed by atoms with Crippen molar-refractivity contribution in [1.29, 1.82) is 0 Å². The van der Waals surface area contributed by atoms with E-state index in [1.165, 1.54) is 6.26 Å². The number of likely N-dealkylation sites (tertiary alicyclic amines) is 1. The number of amides is 1. The van der Waals surface area contributed by atoms with Crippen molar-refractivity contribution >= 4 is 5.91 Å². The minimum absolute atomic E-state index is 0.0900. The van der Waals surface area contributed by atoms with Gasteiger partial charge in [0.15, 0.2) is 17.3 Å². The van der Waals surface area contributed by atoms with Gasteiger partial charge in [0.25, 0.3) is 5.91 Å². The number of carbonyl (C=O) groups is 1. The lowest BCUT2D eigenvalue weighted by atomic mass is 10.1. The lowest BCUT2D eigenvalue weighted by Crippen LogP contribution is -2.44. The molecule has 1 amide bonds. The highest BCUT2D eigenvalue weighted by Gasteiger charge is 2.28. The summed E-state index contributed by atoms with van der Waals surface area (Å²) in [6, 6.07) is 5.09. The summed E-state index contributed by atoms with van der Waals surface area (Å²) >= 11 is 0. The number of rotatable bonds is 4. The molecule has 0 aromatic carbocycles. The lowest BCUT2D eigenvalue weighted by molar-refractivity contribution is 0.0506. The molecule has 1 saturated heterocycles. The predicted molar refractivity (Wildman–Crippen MR) is 85.7 cm³/mol. The van der Waals surface area contributed by atoms with Crippen molar-refractivity contribution < 1.29 is 22.9 Å². The van der Waals surface area contributed by atoms with Crippen LogP contribution < -0.4 is 4.74 Å². The van der Waals surface area contributed by atoms with Crippen molar-refractivity contribution in [3.63, 3.8) is 0 Å². The first-order chi connectivity index (χ1) is 12.7. The van der Waals surface area contributed by atoms with Gasteiger partial charge in [-0.25, -0.2) is 14.4 Å². The highest BCUT2D eigenvalue weighted by Crippen LogP contribution is 2.22. The lowest BCUT2D eigenvalue weighted by Gasteiger charge is -2.31. The molecule has 1 aliphatic rings. The Morgan fingerprint density at radius 3 is 2.92 bits per heavy atom. The second-order valence-electron chi connectivity index (χ2n) is 5.87. The average Bonchev–Trinajstić information content (AvgIpc) is 3.35. The molecule has 3 aromatic rings. The quantitative estimate of drug-likeness (QED) is 0.707. The summed E-state index contributed by atoms with van der Waals surface area (Å²) in [6.07, 6.45) is 4.85. The summed E-state index contributed by atoms with van der Waals surface area (Å²) < 4.78 is 28.9. The van der Waals surface area contributed by atoms with Crippen LogP contribution in [-0.4, -0.2) is 45.1 Å². The zero-order valence-electron chi connectivity index (χ0n) is 13.7. The largest absolute Gasteiger partial charge is 0.461 e. The van der Waals surface area contributed by atoms with Crippen LogP contribution in [0, 0.1) is 5.82 Å². The average molecular weight is 358 g/mol. The van der Waals surface area contributed by atoms with Crippen LogP contribution in [0.15, 0.2) is 45.8 Å². The number of piperidine rings is 1. The van der Waals surface area contributed by atoms with Crippen LogP contribution in [0.3, 0.4) is 0 Å². The van der Waals surface area contributed by atoms with Crippen LogP contribution >= 0.6 is 0 Å². The van der Waals surface area contributed by atoms with E-state index in [1.807, 2.05) is 0 Å². The van der Waals surface area contributed by atoms with Gasteiger partial charge >= 0.3 is 6.01 Å². The van der Waals surface area contributed by atoms with Gasteiger partial charge < -0.3 is 18.6 Å². The van der Waals surface area contributed by atoms with Crippen molar-refractivity contribution in [2.75, 3.05) is 13.1 Å². The van der Waals surface area contributed by atoms with E-state index in [9.17, 15) is 9.18 Å². The molecule has 3 aromatic heterocycles. The van der Waals surface area contributed by atoms with E-state index >= 15 is 0 Å². The van der Waals surface area contributed by atoms with E-state index in [1.54, 1.807) is 23.1 Å². The maximum atomic E-state index is 12.9. The molecule has 1 atom stereocenters. The molecular weight excluding hydrogens is 343 g/mol. The van der Waals surface area contributed by atoms with Crippen LogP contribution in [-0.2, 0) is 0 Å². The number of ether oxygens (including phenoxy) is 1. The van der Waals surface area contributed by atoms with Gasteiger partial charge in [0.2, 0.25) is 5.76 Å². The van der Waals surface area contributed by atoms with Crippen molar-refractivity contribution in [2.24, 2.45) is 0 Å². The zero-order chi connectivity index (χ0) is 17.9. The Kier molecular flexibility index (Phi) is 4.34. The van der Waals surface area contributed by atoms with Crippen molar-refractivity contribution in [3.8, 4) is 17.5 Å². The second-order valence-corrected chi connectivity index (χ2v) is 5.87. The minimum atomic E-state index is -0.531. The molecule has 1 fully saturated rings. The van der Waals surface area contributed by atoms with Gasteiger partial charge in [0.05, 0.1) is 25.2 Å². The van der Waals surface area contributed by atoms with E-state index in [-0.39, 0.29) is 23.7 Å². The Hall–Kier alpha value is -3.23. The first-order valence-corrected chi connectivity index (χ1v) is 8.13. The van der Waals surface area contributed by atoms with Crippen LogP contribution in [0.2, 0.25) is 0 Å². The smallest absolute Gasteiger partial charge is 0.316 e. The third-order valence-electron chi connectivity index (χ3n) is 4.03. The molecule has 0 bridgehead atoms. The number of furan rings is 1. The van der Waals surface area contributed by atoms with Crippen LogP contribution in [0.25, 0.3) is 11.5 Å². The molecule has 4 heterocycles. The first kappa shape index (κ1) is 16.2. The summed E-state index contributed by atoms with van der Waals surface area (Å²) in [6.45, 7) is 0.953. The molecule has 134 valence electrons. The Balaban J connectivity index is 1.42. The van der Waals surface area contributed by atoms with Crippen molar-refractivity contribution in [3.05, 3.63) is 48.4 Å². The molecule has 1 unspecified atom stereocenters. The summed E-state index contributed by atoms with van der Waals surface area (Å²) in [4.78, 5) is 21.9. The van der Waals surface area contributed by atoms with Gasteiger partial charge in [0, 0.05) is 12.6 Å². The Bertz CT molecular complexity index is 879. The molecule has 0 saturated carbocycles. The van der Waals surface area contributed by atoms with E-state index in [2.05, 4.69) is 15.1 Å². The maximum absolute atomic E-state index is 12.9. The second kappa shape index (κ2) is 6.95. The molecule has 4 rings (SSSR count). The third kappa shape index (κ3) is 3.41. The normalized spacial score (nSPS) is 17.3. The number of hydrogen-bond donors (Lipinski definition) is 0. The molecule has 8 nitrogen and oxygen atoms in total. The Morgan fingerprint density at radius 1 is 1.31 bits per heavy atom. The highest BCUT2D eigenvalue weighted by molar-refractivity contribution is 5.93. The van der Waals surface area contributed by atoms with Gasteiger partial charge in [-0.15, -0.1) is 0 Å². The Morgan fingerprint density at radius 2 is 2.15 bits per heavy atom. The fraction of sp³-hybridized carbons (Fsp3) is 0.294. The maximum Gasteiger partial charge on any atom is 0.316 e. The summed E-state index contributed by atoms with van der Waals surface area (Å²) in [5.41, 5.74) is 0.204. The molecule has 26 heavy (non-hydrogen) atoms. The highest BCUT2D eigenvalue weighted by atomic mass is 19.1. The summed E-state index contributed by atoms with van der Waals surface area (Å²) in [5, 5.41) is 3.83. The zero-order valence-corrected chi connectivity index (χ0v) is 13.7. The fourth-order valence-corrected chi connectivity index (χ4v) is 2.80. The van der Waals surface area contributed by atoms with Crippen LogP contribution in [0.1, 0.15) is 23.3 Å². The SMILES string of the molecule is O=C(c1cc(-c2ccco2)on1)N1CCCC(Oc2ncc(F)cn2)C1. The van der Waals surface area contributed by atoms with Crippen LogP contribution in [0.5, 0.6) is 6.01 Å². The van der Waals surface area contributed by atoms with Crippen molar-refractivity contribution in [2.45, 2.75) is 18.9 Å². The summed E-state index contributed by atoms with van der Waals surface area (Å²) in [7, 11) is 0. The molecule has 1 aliphatic heterocycles. The third-order valence-corrected chi connectivity index (χ3v) is 4.03.